The first kappa shape index (κ1) is 14.8. The topological polar surface area (TPSA) is 32.3 Å². The van der Waals surface area contributed by atoms with Crippen LogP contribution < -0.4 is 5.32 Å². The smallest absolute Gasteiger partial charge is 0.0667 e. The Kier molecular flexibility index (Phi) is 5.68. The van der Waals surface area contributed by atoms with Crippen molar-refractivity contribution in [1.82, 2.24) is 5.32 Å². The first-order chi connectivity index (χ1) is 9.15. The Morgan fingerprint density at radius 3 is 2.79 bits per heavy atom. The van der Waals surface area contributed by atoms with Crippen LogP contribution in [0.15, 0.2) is 24.3 Å². The molecule has 1 aliphatic rings. The molecule has 1 aliphatic carbocycles. The van der Waals surface area contributed by atoms with Crippen LogP contribution in [-0.2, 0) is 0 Å². The summed E-state index contributed by atoms with van der Waals surface area (Å²) in [5.74, 6) is 0.735. The zero-order chi connectivity index (χ0) is 13.7. The molecule has 2 rings (SSSR count). The van der Waals surface area contributed by atoms with Crippen LogP contribution in [0.25, 0.3) is 0 Å². The fraction of sp³-hybridized carbons (Fsp3) is 0.625. The highest BCUT2D eigenvalue weighted by Crippen LogP contribution is 2.28. The molecule has 1 aromatic rings. The van der Waals surface area contributed by atoms with Gasteiger partial charge in [-0.15, -0.1) is 0 Å². The van der Waals surface area contributed by atoms with Gasteiger partial charge in [0.1, 0.15) is 0 Å². The maximum Gasteiger partial charge on any atom is 0.0667 e. The monoisotopic (exact) mass is 281 g/mol. The predicted octanol–water partition coefficient (Wildman–Crippen LogP) is 3.93. The van der Waals surface area contributed by atoms with E-state index in [9.17, 15) is 5.11 Å². The maximum atomic E-state index is 10.1. The van der Waals surface area contributed by atoms with Crippen LogP contribution in [0.3, 0.4) is 0 Å². The number of hydrogen-bond acceptors (Lipinski definition) is 2. The van der Waals surface area contributed by atoms with Gasteiger partial charge in [0.2, 0.25) is 0 Å². The Hall–Kier alpha value is -0.570. The minimum Gasteiger partial charge on any atom is -0.392 e. The van der Waals surface area contributed by atoms with E-state index in [4.69, 9.17) is 11.6 Å². The Morgan fingerprint density at radius 1 is 1.37 bits per heavy atom. The van der Waals surface area contributed by atoms with E-state index in [-0.39, 0.29) is 12.1 Å². The standard InChI is InChI=1S/C16H24ClNO/c1-12(14-7-4-8-15(17)10-14)18-11-16(19)9-13-5-2-3-6-13/h4,7-8,10,12-13,16,18-19H,2-3,5-6,9,11H2,1H3. The van der Waals surface area contributed by atoms with Gasteiger partial charge in [0, 0.05) is 17.6 Å². The minimum absolute atomic E-state index is 0.219. The van der Waals surface area contributed by atoms with E-state index in [2.05, 4.69) is 18.3 Å². The largest absolute Gasteiger partial charge is 0.392 e. The van der Waals surface area contributed by atoms with Crippen LogP contribution in [0.4, 0.5) is 0 Å². The van der Waals surface area contributed by atoms with Crippen LogP contribution in [0, 0.1) is 5.92 Å². The first-order valence-electron chi connectivity index (χ1n) is 7.32. The average molecular weight is 282 g/mol. The van der Waals surface area contributed by atoms with Gasteiger partial charge in [-0.3, -0.25) is 0 Å². The van der Waals surface area contributed by atoms with Gasteiger partial charge in [-0.1, -0.05) is 49.4 Å². The highest BCUT2D eigenvalue weighted by Gasteiger charge is 2.19. The molecular weight excluding hydrogens is 258 g/mol. The zero-order valence-electron chi connectivity index (χ0n) is 11.6. The molecule has 0 heterocycles. The SMILES string of the molecule is CC(NCC(O)CC1CCCC1)c1cccc(Cl)c1. The van der Waals surface area contributed by atoms with Crippen molar-refractivity contribution in [2.24, 2.45) is 5.92 Å². The van der Waals surface area contributed by atoms with Gasteiger partial charge in [0.15, 0.2) is 0 Å². The summed E-state index contributed by atoms with van der Waals surface area (Å²) in [4.78, 5) is 0. The predicted molar refractivity (Wildman–Crippen MR) is 80.5 cm³/mol. The fourth-order valence-electron chi connectivity index (χ4n) is 2.92. The van der Waals surface area contributed by atoms with Gasteiger partial charge < -0.3 is 10.4 Å². The van der Waals surface area contributed by atoms with Gasteiger partial charge in [-0.25, -0.2) is 0 Å². The Morgan fingerprint density at radius 2 is 2.11 bits per heavy atom. The lowest BCUT2D eigenvalue weighted by Crippen LogP contribution is -2.30. The van der Waals surface area contributed by atoms with Gasteiger partial charge in [-0.2, -0.15) is 0 Å². The first-order valence-corrected chi connectivity index (χ1v) is 7.70. The van der Waals surface area contributed by atoms with E-state index in [1.807, 2.05) is 18.2 Å². The molecule has 2 N–H and O–H groups in total. The zero-order valence-corrected chi connectivity index (χ0v) is 12.4. The molecule has 1 fully saturated rings. The normalized spacial score (nSPS) is 19.5. The molecule has 1 aromatic carbocycles. The quantitative estimate of drug-likeness (QED) is 0.828. The molecule has 19 heavy (non-hydrogen) atoms. The summed E-state index contributed by atoms with van der Waals surface area (Å²) < 4.78 is 0. The van der Waals surface area contributed by atoms with E-state index >= 15 is 0 Å². The Balaban J connectivity index is 1.74. The Labute approximate surface area is 121 Å². The van der Waals surface area contributed by atoms with Crippen LogP contribution in [-0.4, -0.2) is 17.8 Å². The molecule has 0 radical (unpaired) electrons. The van der Waals surface area contributed by atoms with Crippen molar-refractivity contribution >= 4 is 11.6 Å². The third-order valence-corrected chi connectivity index (χ3v) is 4.32. The number of halogens is 1. The van der Waals surface area contributed by atoms with Crippen LogP contribution in [0.2, 0.25) is 5.02 Å². The van der Waals surface area contributed by atoms with Crippen molar-refractivity contribution in [3.05, 3.63) is 34.9 Å². The van der Waals surface area contributed by atoms with Crippen LogP contribution >= 0.6 is 11.6 Å². The number of rotatable bonds is 6. The van der Waals surface area contributed by atoms with E-state index in [1.165, 1.54) is 31.2 Å². The van der Waals surface area contributed by atoms with Crippen LogP contribution in [0.5, 0.6) is 0 Å². The molecule has 0 amide bonds. The molecule has 1 saturated carbocycles. The summed E-state index contributed by atoms with van der Waals surface area (Å²) in [6.45, 7) is 2.76. The average Bonchev–Trinajstić information content (AvgIpc) is 2.88. The molecule has 0 bridgehead atoms. The highest BCUT2D eigenvalue weighted by atomic mass is 35.5. The summed E-state index contributed by atoms with van der Waals surface area (Å²) in [7, 11) is 0. The summed E-state index contributed by atoms with van der Waals surface area (Å²) in [5, 5.41) is 14.2. The second-order valence-electron chi connectivity index (χ2n) is 5.72. The summed E-state index contributed by atoms with van der Waals surface area (Å²) >= 11 is 5.99. The fourth-order valence-corrected chi connectivity index (χ4v) is 3.12. The number of nitrogens with one attached hydrogen (secondary N) is 1. The summed E-state index contributed by atoms with van der Waals surface area (Å²) in [5.41, 5.74) is 1.17. The molecule has 0 aliphatic heterocycles. The minimum atomic E-state index is -0.232. The number of aliphatic hydroxyl groups is 1. The number of benzene rings is 1. The summed E-state index contributed by atoms with van der Waals surface area (Å²) in [6.07, 6.45) is 5.97. The van der Waals surface area contributed by atoms with Crippen molar-refractivity contribution in [3.63, 3.8) is 0 Å². The highest BCUT2D eigenvalue weighted by molar-refractivity contribution is 6.30. The molecular formula is C16H24ClNO. The third-order valence-electron chi connectivity index (χ3n) is 4.09. The molecule has 2 nitrogen and oxygen atoms in total. The van der Waals surface area contributed by atoms with Crippen molar-refractivity contribution in [2.75, 3.05) is 6.54 Å². The Bertz CT molecular complexity index is 390. The van der Waals surface area contributed by atoms with E-state index in [0.717, 1.165) is 17.4 Å². The van der Waals surface area contributed by atoms with Crippen LogP contribution in [0.1, 0.15) is 50.6 Å². The van der Waals surface area contributed by atoms with Gasteiger partial charge in [0.25, 0.3) is 0 Å². The van der Waals surface area contributed by atoms with Gasteiger partial charge >= 0.3 is 0 Å². The lowest BCUT2D eigenvalue weighted by molar-refractivity contribution is 0.137. The second kappa shape index (κ2) is 7.28. The molecule has 106 valence electrons. The summed E-state index contributed by atoms with van der Waals surface area (Å²) in [6, 6.07) is 8.10. The van der Waals surface area contributed by atoms with Gasteiger partial charge in [0.05, 0.1) is 6.10 Å². The molecule has 2 atom stereocenters. The third kappa shape index (κ3) is 4.79. The molecule has 3 heteroatoms. The number of aliphatic hydroxyl groups excluding tert-OH is 1. The lowest BCUT2D eigenvalue weighted by atomic mass is 9.99. The molecule has 0 saturated heterocycles. The van der Waals surface area contributed by atoms with Crippen molar-refractivity contribution < 1.29 is 5.11 Å². The molecule has 0 spiro atoms. The van der Waals surface area contributed by atoms with E-state index < -0.39 is 0 Å². The van der Waals surface area contributed by atoms with Crippen molar-refractivity contribution in [3.8, 4) is 0 Å². The van der Waals surface area contributed by atoms with E-state index in [1.54, 1.807) is 0 Å². The lowest BCUT2D eigenvalue weighted by Gasteiger charge is -2.19. The van der Waals surface area contributed by atoms with Crippen molar-refractivity contribution in [2.45, 2.75) is 51.2 Å². The van der Waals surface area contributed by atoms with Gasteiger partial charge in [-0.05, 0) is 37.0 Å². The number of hydrogen-bond donors (Lipinski definition) is 2. The van der Waals surface area contributed by atoms with E-state index in [0.29, 0.717) is 6.54 Å². The maximum absolute atomic E-state index is 10.1. The molecule has 2 unspecified atom stereocenters. The molecule has 0 aromatic heterocycles. The second-order valence-corrected chi connectivity index (χ2v) is 6.16. The van der Waals surface area contributed by atoms with Crippen molar-refractivity contribution in [1.29, 1.82) is 0 Å².